The van der Waals surface area contributed by atoms with Gasteiger partial charge in [-0.1, -0.05) is 6.92 Å². The van der Waals surface area contributed by atoms with Crippen molar-refractivity contribution in [3.05, 3.63) is 0 Å². The molecule has 0 aliphatic carbocycles. The molecule has 1 atom stereocenters. The van der Waals surface area contributed by atoms with Gasteiger partial charge in [0.2, 0.25) is 0 Å². The molecule has 0 spiro atoms. The van der Waals surface area contributed by atoms with E-state index in [0.717, 1.165) is 32.5 Å². The van der Waals surface area contributed by atoms with Crippen molar-refractivity contribution in [2.75, 3.05) is 26.7 Å². The van der Waals surface area contributed by atoms with Gasteiger partial charge in [0.05, 0.1) is 0 Å². The fraction of sp³-hybridized carbons (Fsp3) is 0.923. The molecule has 0 radical (unpaired) electrons. The standard InChI is InChI=1S/C13H26N2O2/c1-5-15-11(6-7-12(16)17)10-14(4)9-8-13(15,2)3/h11H,5-10H2,1-4H3,(H,16,17). The van der Waals surface area contributed by atoms with Crippen molar-refractivity contribution >= 4 is 5.97 Å². The van der Waals surface area contributed by atoms with E-state index in [-0.39, 0.29) is 12.0 Å². The fourth-order valence-corrected chi connectivity index (χ4v) is 2.88. The number of carbonyl (C=O) groups is 1. The summed E-state index contributed by atoms with van der Waals surface area (Å²) in [5, 5.41) is 8.84. The van der Waals surface area contributed by atoms with Crippen LogP contribution in [0.2, 0.25) is 0 Å². The van der Waals surface area contributed by atoms with E-state index in [1.807, 2.05) is 0 Å². The van der Waals surface area contributed by atoms with Crippen molar-refractivity contribution in [2.24, 2.45) is 0 Å². The number of carboxylic acids is 1. The van der Waals surface area contributed by atoms with Crippen LogP contribution in [0.5, 0.6) is 0 Å². The lowest BCUT2D eigenvalue weighted by Crippen LogP contribution is -2.50. The van der Waals surface area contributed by atoms with Gasteiger partial charge in [0, 0.05) is 24.5 Å². The maximum atomic E-state index is 10.7. The average molecular weight is 242 g/mol. The van der Waals surface area contributed by atoms with Gasteiger partial charge in [-0.2, -0.15) is 0 Å². The molecular formula is C13H26N2O2. The van der Waals surface area contributed by atoms with E-state index in [2.05, 4.69) is 37.6 Å². The highest BCUT2D eigenvalue weighted by Gasteiger charge is 2.34. The molecule has 0 aromatic carbocycles. The Balaban J connectivity index is 2.76. The molecule has 17 heavy (non-hydrogen) atoms. The van der Waals surface area contributed by atoms with Gasteiger partial charge in [0.1, 0.15) is 0 Å². The van der Waals surface area contributed by atoms with Crippen molar-refractivity contribution in [1.29, 1.82) is 0 Å². The number of rotatable bonds is 4. The first-order valence-electron chi connectivity index (χ1n) is 6.54. The predicted molar refractivity (Wildman–Crippen MR) is 69.2 cm³/mol. The fourth-order valence-electron chi connectivity index (χ4n) is 2.88. The molecule has 1 aliphatic rings. The quantitative estimate of drug-likeness (QED) is 0.814. The summed E-state index contributed by atoms with van der Waals surface area (Å²) in [6, 6.07) is 0.360. The maximum Gasteiger partial charge on any atom is 0.303 e. The smallest absolute Gasteiger partial charge is 0.303 e. The summed E-state index contributed by atoms with van der Waals surface area (Å²) in [7, 11) is 2.13. The molecule has 1 fully saturated rings. The Morgan fingerprint density at radius 1 is 1.47 bits per heavy atom. The Bertz CT molecular complexity index is 266. The van der Waals surface area contributed by atoms with Gasteiger partial charge in [0.25, 0.3) is 0 Å². The Labute approximate surface area is 105 Å². The molecule has 0 aromatic rings. The first kappa shape index (κ1) is 14.5. The molecule has 1 unspecified atom stereocenters. The van der Waals surface area contributed by atoms with E-state index in [0.29, 0.717) is 6.04 Å². The van der Waals surface area contributed by atoms with E-state index in [4.69, 9.17) is 5.11 Å². The van der Waals surface area contributed by atoms with Gasteiger partial charge in [-0.3, -0.25) is 9.69 Å². The van der Waals surface area contributed by atoms with Crippen molar-refractivity contribution in [2.45, 2.75) is 51.6 Å². The number of hydrogen-bond acceptors (Lipinski definition) is 3. The Morgan fingerprint density at radius 2 is 2.12 bits per heavy atom. The lowest BCUT2D eigenvalue weighted by molar-refractivity contribution is -0.137. The summed E-state index contributed by atoms with van der Waals surface area (Å²) < 4.78 is 0. The molecule has 1 saturated heterocycles. The number of carboxylic acid groups (broad SMARTS) is 1. The first-order chi connectivity index (χ1) is 7.86. The molecule has 1 rings (SSSR count). The number of hydrogen-bond donors (Lipinski definition) is 1. The minimum absolute atomic E-state index is 0.169. The van der Waals surface area contributed by atoms with Crippen LogP contribution in [0.4, 0.5) is 0 Å². The molecule has 1 N–H and O–H groups in total. The molecule has 4 nitrogen and oxygen atoms in total. The van der Waals surface area contributed by atoms with Crippen LogP contribution in [0.15, 0.2) is 0 Å². The largest absolute Gasteiger partial charge is 0.481 e. The lowest BCUT2D eigenvalue weighted by Gasteiger charge is -2.41. The maximum absolute atomic E-state index is 10.7. The second-order valence-corrected chi connectivity index (χ2v) is 5.70. The third-order valence-corrected chi connectivity index (χ3v) is 3.88. The Hall–Kier alpha value is -0.610. The van der Waals surface area contributed by atoms with Gasteiger partial charge in [0.15, 0.2) is 0 Å². The van der Waals surface area contributed by atoms with E-state index in [1.165, 1.54) is 0 Å². The minimum Gasteiger partial charge on any atom is -0.481 e. The summed E-state index contributed by atoms with van der Waals surface area (Å²) in [5.41, 5.74) is 0.169. The van der Waals surface area contributed by atoms with Crippen LogP contribution < -0.4 is 0 Å². The monoisotopic (exact) mass is 242 g/mol. The zero-order chi connectivity index (χ0) is 13.1. The van der Waals surface area contributed by atoms with Crippen LogP contribution in [0.1, 0.15) is 40.0 Å². The molecule has 0 aromatic heterocycles. The zero-order valence-corrected chi connectivity index (χ0v) is 11.6. The van der Waals surface area contributed by atoms with Crippen LogP contribution >= 0.6 is 0 Å². The van der Waals surface area contributed by atoms with E-state index < -0.39 is 5.97 Å². The third-order valence-electron chi connectivity index (χ3n) is 3.88. The minimum atomic E-state index is -0.689. The van der Waals surface area contributed by atoms with Gasteiger partial charge < -0.3 is 10.0 Å². The normalized spacial score (nSPS) is 26.7. The summed E-state index contributed by atoms with van der Waals surface area (Å²) in [4.78, 5) is 15.5. The SMILES string of the molecule is CCN1C(CCC(=O)O)CN(C)CCC1(C)C. The highest BCUT2D eigenvalue weighted by atomic mass is 16.4. The van der Waals surface area contributed by atoms with Crippen molar-refractivity contribution in [3.8, 4) is 0 Å². The highest BCUT2D eigenvalue weighted by molar-refractivity contribution is 5.66. The molecule has 1 aliphatic heterocycles. The number of nitrogens with zero attached hydrogens (tertiary/aromatic N) is 2. The summed E-state index contributed by atoms with van der Waals surface area (Å²) in [6.07, 6.45) is 2.16. The third kappa shape index (κ3) is 3.96. The summed E-state index contributed by atoms with van der Waals surface area (Å²) in [5.74, 6) is -0.689. The van der Waals surface area contributed by atoms with E-state index in [9.17, 15) is 4.79 Å². The van der Waals surface area contributed by atoms with E-state index in [1.54, 1.807) is 0 Å². The van der Waals surface area contributed by atoms with E-state index >= 15 is 0 Å². The van der Waals surface area contributed by atoms with Gasteiger partial charge >= 0.3 is 5.97 Å². The molecule has 0 bridgehead atoms. The average Bonchev–Trinajstić information content (AvgIpc) is 2.33. The van der Waals surface area contributed by atoms with Crippen molar-refractivity contribution in [3.63, 3.8) is 0 Å². The molecule has 0 saturated carbocycles. The van der Waals surface area contributed by atoms with Gasteiger partial charge in [-0.25, -0.2) is 0 Å². The second kappa shape index (κ2) is 5.83. The topological polar surface area (TPSA) is 43.8 Å². The van der Waals surface area contributed by atoms with Gasteiger partial charge in [-0.15, -0.1) is 0 Å². The molecule has 4 heteroatoms. The lowest BCUT2D eigenvalue weighted by atomic mass is 9.96. The molecule has 100 valence electrons. The second-order valence-electron chi connectivity index (χ2n) is 5.70. The van der Waals surface area contributed by atoms with Crippen LogP contribution in [0, 0.1) is 0 Å². The van der Waals surface area contributed by atoms with Crippen LogP contribution in [0.25, 0.3) is 0 Å². The number of likely N-dealkylation sites (N-methyl/N-ethyl adjacent to an activating group) is 2. The summed E-state index contributed by atoms with van der Waals surface area (Å²) >= 11 is 0. The zero-order valence-electron chi connectivity index (χ0n) is 11.6. The predicted octanol–water partition coefficient (Wildman–Crippen LogP) is 1.66. The first-order valence-corrected chi connectivity index (χ1v) is 6.54. The van der Waals surface area contributed by atoms with Crippen molar-refractivity contribution in [1.82, 2.24) is 9.80 Å². The molecule has 0 amide bonds. The van der Waals surface area contributed by atoms with Crippen LogP contribution in [-0.4, -0.2) is 59.1 Å². The number of aliphatic carboxylic acids is 1. The molecular weight excluding hydrogens is 216 g/mol. The van der Waals surface area contributed by atoms with Gasteiger partial charge in [-0.05, 0) is 46.8 Å². The van der Waals surface area contributed by atoms with Crippen molar-refractivity contribution < 1.29 is 9.90 Å². The van der Waals surface area contributed by atoms with Crippen LogP contribution in [-0.2, 0) is 4.79 Å². The Kier molecular flexibility index (Phi) is 4.95. The highest BCUT2D eigenvalue weighted by Crippen LogP contribution is 2.27. The Morgan fingerprint density at radius 3 is 2.65 bits per heavy atom. The molecule has 1 heterocycles. The van der Waals surface area contributed by atoms with Crippen LogP contribution in [0.3, 0.4) is 0 Å². The summed E-state index contributed by atoms with van der Waals surface area (Å²) in [6.45, 7) is 9.76.